The fourth-order valence-electron chi connectivity index (χ4n) is 4.22. The Morgan fingerprint density at radius 2 is 1.41 bits per heavy atom. The molecule has 0 bridgehead atoms. The van der Waals surface area contributed by atoms with Crippen LogP contribution in [-0.4, -0.2) is 43.1 Å². The summed E-state index contributed by atoms with van der Waals surface area (Å²) >= 11 is 12.1. The number of carbonyl (C=O) groups is 2. The Morgan fingerprint density at radius 3 is 2.05 bits per heavy atom. The number of fused-ring (bicyclic) bond motifs is 1. The predicted molar refractivity (Wildman–Crippen MR) is 160 cm³/mol. The number of ether oxygens (including phenoxy) is 3. The van der Waals surface area contributed by atoms with Crippen molar-refractivity contribution in [3.63, 3.8) is 0 Å². The van der Waals surface area contributed by atoms with Crippen LogP contribution in [0, 0.1) is 0 Å². The Balaban J connectivity index is 1.31. The number of nitrogens with one attached hydrogen (secondary N) is 3. The summed E-state index contributed by atoms with van der Waals surface area (Å²) in [5.74, 6) is 1.11. The highest BCUT2D eigenvalue weighted by Gasteiger charge is 2.17. The first kappa shape index (κ1) is 27.8. The van der Waals surface area contributed by atoms with E-state index in [9.17, 15) is 9.59 Å². The molecule has 0 aliphatic heterocycles. The standard InChI is InChI=1S/C30H24Cl2N4O5/c1-39-25-12-17(13-26(40-2)27(25)41-3)29(37)33-19-7-4-16(5-8-19)28-35-23-11-9-20(15-24(23)36-28)34-30(38)21-10-6-18(31)14-22(21)32/h4-15H,1-3H3,(H,33,37)(H,34,38)(H,35,36). The van der Waals surface area contributed by atoms with Gasteiger partial charge in [-0.15, -0.1) is 0 Å². The third-order valence-electron chi connectivity index (χ3n) is 6.26. The number of anilines is 2. The van der Waals surface area contributed by atoms with E-state index < -0.39 is 0 Å². The minimum atomic E-state index is -0.352. The monoisotopic (exact) mass is 590 g/mol. The van der Waals surface area contributed by atoms with Gasteiger partial charge in [-0.1, -0.05) is 23.2 Å². The second-order valence-corrected chi connectivity index (χ2v) is 9.68. The first-order chi connectivity index (χ1) is 19.8. The molecule has 0 spiro atoms. The largest absolute Gasteiger partial charge is 0.493 e. The molecule has 11 heteroatoms. The van der Waals surface area contributed by atoms with E-state index in [4.69, 9.17) is 37.4 Å². The molecule has 208 valence electrons. The van der Waals surface area contributed by atoms with Gasteiger partial charge in [0.2, 0.25) is 5.75 Å². The maximum Gasteiger partial charge on any atom is 0.257 e. The quantitative estimate of drug-likeness (QED) is 0.178. The van der Waals surface area contributed by atoms with Gasteiger partial charge < -0.3 is 29.8 Å². The van der Waals surface area contributed by atoms with Gasteiger partial charge in [0.05, 0.1) is 42.9 Å². The van der Waals surface area contributed by atoms with Crippen LogP contribution in [0.15, 0.2) is 72.8 Å². The molecule has 0 radical (unpaired) electrons. The van der Waals surface area contributed by atoms with Crippen LogP contribution >= 0.6 is 23.2 Å². The number of aromatic nitrogens is 2. The summed E-state index contributed by atoms with van der Waals surface area (Å²) < 4.78 is 16.0. The Bertz CT molecular complexity index is 1740. The highest BCUT2D eigenvalue weighted by atomic mass is 35.5. The van der Waals surface area contributed by atoms with E-state index in [2.05, 4.69) is 20.6 Å². The zero-order chi connectivity index (χ0) is 29.1. The van der Waals surface area contributed by atoms with Gasteiger partial charge in [-0.3, -0.25) is 9.59 Å². The third kappa shape index (κ3) is 5.91. The minimum absolute atomic E-state index is 0.267. The number of amides is 2. The number of methoxy groups -OCH3 is 3. The number of rotatable bonds is 8. The highest BCUT2D eigenvalue weighted by Crippen LogP contribution is 2.38. The maximum absolute atomic E-state index is 12.9. The lowest BCUT2D eigenvalue weighted by atomic mass is 10.1. The lowest BCUT2D eigenvalue weighted by Crippen LogP contribution is -2.12. The molecular weight excluding hydrogens is 567 g/mol. The molecule has 41 heavy (non-hydrogen) atoms. The van der Waals surface area contributed by atoms with Crippen LogP contribution in [0.3, 0.4) is 0 Å². The van der Waals surface area contributed by atoms with Gasteiger partial charge in [-0.05, 0) is 72.8 Å². The molecule has 5 rings (SSSR count). The lowest BCUT2D eigenvalue weighted by molar-refractivity contribution is 0.101. The Morgan fingerprint density at radius 1 is 0.756 bits per heavy atom. The zero-order valence-electron chi connectivity index (χ0n) is 22.2. The van der Waals surface area contributed by atoms with Crippen molar-refractivity contribution in [3.05, 3.63) is 94.0 Å². The number of aromatic amines is 1. The number of halogens is 2. The first-order valence-electron chi connectivity index (χ1n) is 12.3. The van der Waals surface area contributed by atoms with Crippen molar-refractivity contribution in [1.82, 2.24) is 9.97 Å². The van der Waals surface area contributed by atoms with Crippen molar-refractivity contribution in [2.75, 3.05) is 32.0 Å². The van der Waals surface area contributed by atoms with Gasteiger partial charge >= 0.3 is 0 Å². The van der Waals surface area contributed by atoms with Crippen LogP contribution in [0.2, 0.25) is 10.0 Å². The summed E-state index contributed by atoms with van der Waals surface area (Å²) in [5.41, 5.74) is 4.11. The van der Waals surface area contributed by atoms with E-state index >= 15 is 0 Å². The number of hydrogen-bond donors (Lipinski definition) is 3. The van der Waals surface area contributed by atoms with Crippen molar-refractivity contribution in [1.29, 1.82) is 0 Å². The van der Waals surface area contributed by atoms with Crippen LogP contribution in [0.5, 0.6) is 17.2 Å². The fraction of sp³-hybridized carbons (Fsp3) is 0.100. The topological polar surface area (TPSA) is 115 Å². The van der Waals surface area contributed by atoms with Crippen LogP contribution in [0.25, 0.3) is 22.4 Å². The van der Waals surface area contributed by atoms with Gasteiger partial charge in [-0.25, -0.2) is 4.98 Å². The first-order valence-corrected chi connectivity index (χ1v) is 13.0. The van der Waals surface area contributed by atoms with E-state index in [1.54, 1.807) is 54.6 Å². The smallest absolute Gasteiger partial charge is 0.257 e. The second-order valence-electron chi connectivity index (χ2n) is 8.84. The molecule has 3 N–H and O–H groups in total. The van der Waals surface area contributed by atoms with E-state index in [1.165, 1.54) is 27.4 Å². The molecular formula is C30H24Cl2N4O5. The molecule has 5 aromatic rings. The summed E-state index contributed by atoms with van der Waals surface area (Å²) in [5, 5.41) is 6.43. The number of nitrogens with zero attached hydrogens (tertiary/aromatic N) is 1. The molecule has 1 heterocycles. The molecule has 0 saturated heterocycles. The second kappa shape index (κ2) is 11.8. The normalized spacial score (nSPS) is 10.8. The molecule has 1 aromatic heterocycles. The molecule has 0 aliphatic rings. The number of imidazole rings is 1. The van der Waals surface area contributed by atoms with Gasteiger partial charge in [-0.2, -0.15) is 0 Å². The van der Waals surface area contributed by atoms with Gasteiger partial charge in [0.25, 0.3) is 11.8 Å². The molecule has 0 unspecified atom stereocenters. The third-order valence-corrected chi connectivity index (χ3v) is 6.81. The van der Waals surface area contributed by atoms with Gasteiger partial charge in [0, 0.05) is 27.5 Å². The van der Waals surface area contributed by atoms with E-state index in [1.807, 2.05) is 12.1 Å². The van der Waals surface area contributed by atoms with Crippen LogP contribution in [0.1, 0.15) is 20.7 Å². The summed E-state index contributed by atoms with van der Waals surface area (Å²) in [6.07, 6.45) is 0. The maximum atomic E-state index is 12.9. The van der Waals surface area contributed by atoms with E-state index in [0.717, 1.165) is 16.6 Å². The molecule has 0 fully saturated rings. The van der Waals surface area contributed by atoms with Gasteiger partial charge in [0.15, 0.2) is 11.5 Å². The average molecular weight is 591 g/mol. The van der Waals surface area contributed by atoms with Crippen molar-refractivity contribution in [3.8, 4) is 28.6 Å². The predicted octanol–water partition coefficient (Wildman–Crippen LogP) is 7.07. The molecule has 0 saturated carbocycles. The molecule has 0 atom stereocenters. The van der Waals surface area contributed by atoms with Crippen molar-refractivity contribution in [2.24, 2.45) is 0 Å². The van der Waals surface area contributed by atoms with E-state index in [-0.39, 0.29) is 16.8 Å². The molecule has 4 aromatic carbocycles. The van der Waals surface area contributed by atoms with Crippen LogP contribution < -0.4 is 24.8 Å². The lowest BCUT2D eigenvalue weighted by Gasteiger charge is -2.14. The summed E-state index contributed by atoms with van der Waals surface area (Å²) in [7, 11) is 4.48. The summed E-state index contributed by atoms with van der Waals surface area (Å²) in [4.78, 5) is 33.5. The van der Waals surface area contributed by atoms with Crippen LogP contribution in [-0.2, 0) is 0 Å². The van der Waals surface area contributed by atoms with Crippen molar-refractivity contribution >= 4 is 57.4 Å². The number of H-pyrrole nitrogens is 1. The molecule has 0 aliphatic carbocycles. The SMILES string of the molecule is COc1cc(C(=O)Nc2ccc(-c3nc4ccc(NC(=O)c5ccc(Cl)cc5Cl)cc4[nH]3)cc2)cc(OC)c1OC. The van der Waals surface area contributed by atoms with Crippen LogP contribution in [0.4, 0.5) is 11.4 Å². The number of carbonyl (C=O) groups excluding carboxylic acids is 2. The Labute approximate surface area is 245 Å². The van der Waals surface area contributed by atoms with E-state index in [0.29, 0.717) is 50.6 Å². The molecule has 2 amide bonds. The zero-order valence-corrected chi connectivity index (χ0v) is 23.7. The Kier molecular flexibility index (Phi) is 8.00. The fourth-order valence-corrected chi connectivity index (χ4v) is 4.72. The van der Waals surface area contributed by atoms with Crippen molar-refractivity contribution < 1.29 is 23.8 Å². The summed E-state index contributed by atoms with van der Waals surface area (Å²) in [6, 6.07) is 20.5. The molecule has 9 nitrogen and oxygen atoms in total. The summed E-state index contributed by atoms with van der Waals surface area (Å²) in [6.45, 7) is 0. The minimum Gasteiger partial charge on any atom is -0.493 e. The number of hydrogen-bond acceptors (Lipinski definition) is 6. The number of benzene rings is 4. The van der Waals surface area contributed by atoms with Crippen molar-refractivity contribution in [2.45, 2.75) is 0 Å². The average Bonchev–Trinajstić information content (AvgIpc) is 3.40. The highest BCUT2D eigenvalue weighted by molar-refractivity contribution is 6.37. The Hall–Kier alpha value is -4.73. The van der Waals surface area contributed by atoms with Gasteiger partial charge in [0.1, 0.15) is 5.82 Å².